The molecule has 3 N–H and O–H groups in total. The van der Waals surface area contributed by atoms with E-state index in [1.807, 2.05) is 36.4 Å². The highest BCUT2D eigenvalue weighted by Gasteiger charge is 2.09. The Balaban J connectivity index is 1.87. The molecule has 7 heteroatoms. The van der Waals surface area contributed by atoms with E-state index >= 15 is 0 Å². The van der Waals surface area contributed by atoms with Gasteiger partial charge in [0, 0.05) is 35.1 Å². The third-order valence-electron chi connectivity index (χ3n) is 3.35. The number of halogens is 1. The Morgan fingerprint density at radius 1 is 1.17 bits per heavy atom. The lowest BCUT2D eigenvalue weighted by atomic mass is 10.0. The Labute approximate surface area is 147 Å². The van der Waals surface area contributed by atoms with Crippen molar-refractivity contribution >= 4 is 40.4 Å². The van der Waals surface area contributed by atoms with Gasteiger partial charge in [-0.25, -0.2) is 4.79 Å². The summed E-state index contributed by atoms with van der Waals surface area (Å²) in [6, 6.07) is 13.0. The number of amides is 1. The number of benzene rings is 1. The van der Waals surface area contributed by atoms with Crippen molar-refractivity contribution in [1.82, 2.24) is 4.98 Å². The van der Waals surface area contributed by atoms with E-state index in [9.17, 15) is 4.79 Å². The van der Waals surface area contributed by atoms with Crippen molar-refractivity contribution in [1.29, 1.82) is 0 Å². The summed E-state index contributed by atoms with van der Waals surface area (Å²) in [6.45, 7) is 0.652. The number of carboxylic acid groups (broad SMARTS) is 1. The number of aromatic nitrogens is 1. The minimum Gasteiger partial charge on any atom is -0.465 e. The maximum Gasteiger partial charge on any atom is 0.409 e. The predicted molar refractivity (Wildman–Crippen MR) is 98.0 cm³/mol. The first-order valence-corrected chi connectivity index (χ1v) is 8.34. The molecule has 0 bridgehead atoms. The molecule has 2 heterocycles. The fraction of sp³-hybridized carbons (Fsp3) is 0.0588. The van der Waals surface area contributed by atoms with Gasteiger partial charge in [-0.05, 0) is 48.0 Å². The van der Waals surface area contributed by atoms with E-state index < -0.39 is 6.09 Å². The Kier molecular flexibility index (Phi) is 4.98. The van der Waals surface area contributed by atoms with Crippen LogP contribution in [0.2, 0.25) is 4.34 Å². The highest BCUT2D eigenvalue weighted by atomic mass is 35.5. The maximum atomic E-state index is 11.0. The van der Waals surface area contributed by atoms with E-state index in [0.29, 0.717) is 12.2 Å². The molecule has 5 nitrogen and oxygen atoms in total. The summed E-state index contributed by atoms with van der Waals surface area (Å²) >= 11 is 7.46. The number of nitrogens with one attached hydrogen (secondary N) is 2. The van der Waals surface area contributed by atoms with E-state index in [0.717, 1.165) is 26.0 Å². The SMILES string of the molecule is O=C(O)Nc1ccc(NCc2ccc(Cl)s2)cc1-c1ccncc1. The quantitative estimate of drug-likeness (QED) is 0.587. The fourth-order valence-electron chi connectivity index (χ4n) is 2.28. The highest BCUT2D eigenvalue weighted by Crippen LogP contribution is 2.31. The van der Waals surface area contributed by atoms with E-state index in [1.165, 1.54) is 11.3 Å². The van der Waals surface area contributed by atoms with Gasteiger partial charge in [0.2, 0.25) is 0 Å². The molecule has 0 saturated heterocycles. The zero-order valence-corrected chi connectivity index (χ0v) is 14.1. The molecule has 1 amide bonds. The van der Waals surface area contributed by atoms with Gasteiger partial charge in [-0.2, -0.15) is 0 Å². The van der Waals surface area contributed by atoms with Gasteiger partial charge >= 0.3 is 6.09 Å². The summed E-state index contributed by atoms with van der Waals surface area (Å²) < 4.78 is 0.755. The molecule has 2 aromatic heterocycles. The lowest BCUT2D eigenvalue weighted by Crippen LogP contribution is -2.08. The number of pyridine rings is 1. The van der Waals surface area contributed by atoms with E-state index in [1.54, 1.807) is 18.5 Å². The van der Waals surface area contributed by atoms with Crippen LogP contribution in [-0.2, 0) is 6.54 Å². The Morgan fingerprint density at radius 3 is 2.62 bits per heavy atom. The molecular formula is C17H14ClN3O2S. The van der Waals surface area contributed by atoms with Crippen LogP contribution in [-0.4, -0.2) is 16.2 Å². The summed E-state index contributed by atoms with van der Waals surface area (Å²) in [5.41, 5.74) is 3.09. The van der Waals surface area contributed by atoms with E-state index in [2.05, 4.69) is 15.6 Å². The lowest BCUT2D eigenvalue weighted by molar-refractivity contribution is 0.210. The average Bonchev–Trinajstić information content (AvgIpc) is 3.00. The van der Waals surface area contributed by atoms with Crippen LogP contribution in [0.4, 0.5) is 16.2 Å². The number of hydrogen-bond donors (Lipinski definition) is 3. The van der Waals surface area contributed by atoms with Crippen LogP contribution in [0.5, 0.6) is 0 Å². The molecule has 0 atom stereocenters. The third kappa shape index (κ3) is 4.04. The van der Waals surface area contributed by atoms with Crippen LogP contribution in [0.1, 0.15) is 4.88 Å². The van der Waals surface area contributed by atoms with Gasteiger partial charge in [-0.3, -0.25) is 10.3 Å². The number of anilines is 2. The van der Waals surface area contributed by atoms with Gasteiger partial charge in [0.05, 0.1) is 10.0 Å². The van der Waals surface area contributed by atoms with E-state index in [-0.39, 0.29) is 0 Å². The number of thiophene rings is 1. The second-order valence-corrected chi connectivity index (χ2v) is 6.79. The standard InChI is InChI=1S/C17H14ClN3O2S/c18-16-4-2-13(24-16)10-20-12-1-3-15(21-17(22)23)14(9-12)11-5-7-19-8-6-11/h1-9,20-21H,10H2,(H,22,23). The van der Waals surface area contributed by atoms with E-state index in [4.69, 9.17) is 16.7 Å². The molecule has 0 spiro atoms. The molecule has 0 aliphatic heterocycles. The minimum atomic E-state index is -1.10. The molecule has 1 aromatic carbocycles. The van der Waals surface area contributed by atoms with Gasteiger partial charge in [-0.1, -0.05) is 11.6 Å². The molecule has 0 radical (unpaired) electrons. The van der Waals surface area contributed by atoms with Gasteiger partial charge in [-0.15, -0.1) is 11.3 Å². The first-order valence-electron chi connectivity index (χ1n) is 7.14. The summed E-state index contributed by atoms with van der Waals surface area (Å²) in [5, 5.41) is 14.8. The van der Waals surface area contributed by atoms with Crippen LogP contribution in [0.25, 0.3) is 11.1 Å². The van der Waals surface area contributed by atoms with Gasteiger partial charge in [0.15, 0.2) is 0 Å². The summed E-state index contributed by atoms with van der Waals surface area (Å²) in [5.74, 6) is 0. The minimum absolute atomic E-state index is 0.526. The molecule has 3 rings (SSSR count). The topological polar surface area (TPSA) is 74.2 Å². The first-order chi connectivity index (χ1) is 11.6. The van der Waals surface area contributed by atoms with Crippen LogP contribution < -0.4 is 10.6 Å². The molecule has 0 saturated carbocycles. The van der Waals surface area contributed by atoms with Gasteiger partial charge in [0.1, 0.15) is 0 Å². The molecular weight excluding hydrogens is 346 g/mol. The summed E-state index contributed by atoms with van der Waals surface area (Å²) in [7, 11) is 0. The first kappa shape index (κ1) is 16.3. The lowest BCUT2D eigenvalue weighted by Gasteiger charge is -2.13. The molecule has 24 heavy (non-hydrogen) atoms. The van der Waals surface area contributed by atoms with Crippen LogP contribution in [0.3, 0.4) is 0 Å². The Hall–Kier alpha value is -2.57. The molecule has 0 aliphatic rings. The highest BCUT2D eigenvalue weighted by molar-refractivity contribution is 7.16. The summed E-state index contributed by atoms with van der Waals surface area (Å²) in [6.07, 6.45) is 2.25. The van der Waals surface area contributed by atoms with Crippen molar-refractivity contribution in [2.75, 3.05) is 10.6 Å². The Morgan fingerprint density at radius 2 is 1.96 bits per heavy atom. The largest absolute Gasteiger partial charge is 0.465 e. The zero-order chi connectivity index (χ0) is 16.9. The molecule has 3 aromatic rings. The third-order valence-corrected chi connectivity index (χ3v) is 4.58. The van der Waals surface area contributed by atoms with Crippen molar-refractivity contribution in [3.05, 3.63) is 64.1 Å². The van der Waals surface area contributed by atoms with Crippen LogP contribution in [0.15, 0.2) is 54.9 Å². The molecule has 122 valence electrons. The molecule has 0 aliphatic carbocycles. The fourth-order valence-corrected chi connectivity index (χ4v) is 3.31. The van der Waals surface area contributed by atoms with Gasteiger partial charge in [0.25, 0.3) is 0 Å². The summed E-state index contributed by atoms with van der Waals surface area (Å²) in [4.78, 5) is 16.1. The van der Waals surface area contributed by atoms with Crippen LogP contribution in [0, 0.1) is 0 Å². The molecule has 0 fully saturated rings. The van der Waals surface area contributed by atoms with Crippen molar-refractivity contribution in [3.63, 3.8) is 0 Å². The second kappa shape index (κ2) is 7.33. The molecule has 0 unspecified atom stereocenters. The predicted octanol–water partition coefficient (Wildman–Crippen LogP) is 5.17. The zero-order valence-electron chi connectivity index (χ0n) is 12.5. The van der Waals surface area contributed by atoms with Gasteiger partial charge < -0.3 is 10.4 Å². The van der Waals surface area contributed by atoms with Crippen molar-refractivity contribution < 1.29 is 9.90 Å². The number of rotatable bonds is 5. The van der Waals surface area contributed by atoms with Crippen molar-refractivity contribution in [2.24, 2.45) is 0 Å². The monoisotopic (exact) mass is 359 g/mol. The van der Waals surface area contributed by atoms with Crippen molar-refractivity contribution in [2.45, 2.75) is 6.54 Å². The number of carbonyl (C=O) groups is 1. The normalized spacial score (nSPS) is 10.4. The number of nitrogens with zero attached hydrogens (tertiary/aromatic N) is 1. The second-order valence-electron chi connectivity index (χ2n) is 4.99. The average molecular weight is 360 g/mol. The van der Waals surface area contributed by atoms with Crippen LogP contribution >= 0.6 is 22.9 Å². The maximum absolute atomic E-state index is 11.0. The smallest absolute Gasteiger partial charge is 0.409 e. The Bertz CT molecular complexity index is 852. The van der Waals surface area contributed by atoms with Crippen molar-refractivity contribution in [3.8, 4) is 11.1 Å². The number of hydrogen-bond acceptors (Lipinski definition) is 4.